The number of ether oxygens (including phenoxy) is 2. The number of nitrogens with one attached hydrogen (secondary N) is 1. The maximum atomic E-state index is 12.5. The lowest BCUT2D eigenvalue weighted by Crippen LogP contribution is -2.23. The molecule has 0 unspecified atom stereocenters. The quantitative estimate of drug-likeness (QED) is 0.842. The molecule has 2 aromatic carbocycles. The standard InChI is InChI=1S/C16H16F3NO4S/c1-23-13-5-8-15(24-2)11(9-13)10-20-25(21,22)14-6-3-12(4-7-14)16(17,18)19/h3-9,20H,10H2,1-2H3. The number of benzene rings is 2. The summed E-state index contributed by atoms with van der Waals surface area (Å²) in [6, 6.07) is 8.16. The van der Waals surface area contributed by atoms with E-state index in [4.69, 9.17) is 9.47 Å². The molecule has 0 amide bonds. The molecule has 0 radical (unpaired) electrons. The third-order valence-corrected chi connectivity index (χ3v) is 4.85. The van der Waals surface area contributed by atoms with Gasteiger partial charge in [0.2, 0.25) is 10.0 Å². The fraction of sp³-hybridized carbons (Fsp3) is 0.250. The van der Waals surface area contributed by atoms with Gasteiger partial charge in [0.25, 0.3) is 0 Å². The molecule has 136 valence electrons. The Bertz CT molecular complexity index is 833. The van der Waals surface area contributed by atoms with Gasteiger partial charge in [0.05, 0.1) is 24.7 Å². The highest BCUT2D eigenvalue weighted by molar-refractivity contribution is 7.89. The summed E-state index contributed by atoms with van der Waals surface area (Å²) < 4.78 is 74.7. The lowest BCUT2D eigenvalue weighted by Gasteiger charge is -2.12. The molecule has 9 heteroatoms. The third kappa shape index (κ3) is 4.64. The van der Waals surface area contributed by atoms with Crippen LogP contribution >= 0.6 is 0 Å². The van der Waals surface area contributed by atoms with E-state index < -0.39 is 21.8 Å². The summed E-state index contributed by atoms with van der Waals surface area (Å²) >= 11 is 0. The normalized spacial score (nSPS) is 12.0. The predicted octanol–water partition coefficient (Wildman–Crippen LogP) is 3.20. The molecule has 0 saturated carbocycles. The molecule has 0 spiro atoms. The topological polar surface area (TPSA) is 64.6 Å². The minimum Gasteiger partial charge on any atom is -0.497 e. The van der Waals surface area contributed by atoms with Crippen molar-refractivity contribution in [1.82, 2.24) is 4.72 Å². The summed E-state index contributed by atoms with van der Waals surface area (Å²) in [6.07, 6.45) is -4.52. The summed E-state index contributed by atoms with van der Waals surface area (Å²) in [6.45, 7) is -0.107. The number of hydrogen-bond acceptors (Lipinski definition) is 4. The van der Waals surface area contributed by atoms with E-state index in [1.54, 1.807) is 18.2 Å². The highest BCUT2D eigenvalue weighted by Crippen LogP contribution is 2.30. The van der Waals surface area contributed by atoms with Crippen molar-refractivity contribution in [3.8, 4) is 11.5 Å². The first-order valence-corrected chi connectivity index (χ1v) is 8.53. The van der Waals surface area contributed by atoms with Gasteiger partial charge in [-0.05, 0) is 42.5 Å². The fourth-order valence-electron chi connectivity index (χ4n) is 2.10. The molecule has 0 heterocycles. The van der Waals surface area contributed by atoms with E-state index >= 15 is 0 Å². The van der Waals surface area contributed by atoms with Gasteiger partial charge < -0.3 is 9.47 Å². The van der Waals surface area contributed by atoms with Crippen LogP contribution in [-0.2, 0) is 22.7 Å². The molecule has 0 aliphatic rings. The molecule has 0 aliphatic carbocycles. The van der Waals surface area contributed by atoms with E-state index in [1.807, 2.05) is 0 Å². The van der Waals surface area contributed by atoms with Crippen LogP contribution in [0.1, 0.15) is 11.1 Å². The van der Waals surface area contributed by atoms with Crippen LogP contribution in [0.15, 0.2) is 47.4 Å². The highest BCUT2D eigenvalue weighted by atomic mass is 32.2. The van der Waals surface area contributed by atoms with E-state index in [-0.39, 0.29) is 11.4 Å². The number of alkyl halides is 3. The zero-order valence-corrected chi connectivity index (χ0v) is 14.2. The third-order valence-electron chi connectivity index (χ3n) is 3.43. The van der Waals surface area contributed by atoms with Gasteiger partial charge in [-0.1, -0.05) is 0 Å². The van der Waals surface area contributed by atoms with E-state index in [1.165, 1.54) is 14.2 Å². The molecule has 25 heavy (non-hydrogen) atoms. The maximum absolute atomic E-state index is 12.5. The van der Waals surface area contributed by atoms with Crippen LogP contribution in [0.3, 0.4) is 0 Å². The molecular weight excluding hydrogens is 359 g/mol. The van der Waals surface area contributed by atoms with E-state index in [9.17, 15) is 21.6 Å². The van der Waals surface area contributed by atoms with Crippen LogP contribution in [0.2, 0.25) is 0 Å². The molecule has 2 rings (SSSR count). The number of hydrogen-bond donors (Lipinski definition) is 1. The zero-order valence-electron chi connectivity index (χ0n) is 13.4. The SMILES string of the molecule is COc1ccc(OC)c(CNS(=O)(=O)c2ccc(C(F)(F)F)cc2)c1. The Morgan fingerprint density at radius 3 is 2.16 bits per heavy atom. The lowest BCUT2D eigenvalue weighted by molar-refractivity contribution is -0.137. The van der Waals surface area contributed by atoms with Crippen molar-refractivity contribution in [2.75, 3.05) is 14.2 Å². The van der Waals surface area contributed by atoms with Gasteiger partial charge in [0.1, 0.15) is 11.5 Å². The van der Waals surface area contributed by atoms with Crippen LogP contribution < -0.4 is 14.2 Å². The summed E-state index contributed by atoms with van der Waals surface area (Å²) in [5, 5.41) is 0. The number of halogens is 3. The van der Waals surface area contributed by atoms with Crippen LogP contribution in [0.5, 0.6) is 11.5 Å². The van der Waals surface area contributed by atoms with Crippen molar-refractivity contribution in [2.24, 2.45) is 0 Å². The Labute approximate surface area is 143 Å². The largest absolute Gasteiger partial charge is 0.497 e. The van der Waals surface area contributed by atoms with E-state index in [0.717, 1.165) is 24.3 Å². The van der Waals surface area contributed by atoms with Crippen molar-refractivity contribution in [3.63, 3.8) is 0 Å². The predicted molar refractivity (Wildman–Crippen MR) is 85.0 cm³/mol. The van der Waals surface area contributed by atoms with Crippen LogP contribution in [0.4, 0.5) is 13.2 Å². The van der Waals surface area contributed by atoms with Crippen LogP contribution in [0.25, 0.3) is 0 Å². The molecule has 5 nitrogen and oxygen atoms in total. The van der Waals surface area contributed by atoms with Crippen LogP contribution in [-0.4, -0.2) is 22.6 Å². The molecule has 0 fully saturated rings. The Kier molecular flexibility index (Phi) is 5.58. The molecule has 0 saturated heterocycles. The zero-order chi connectivity index (χ0) is 18.7. The van der Waals surface area contributed by atoms with Gasteiger partial charge in [-0.25, -0.2) is 13.1 Å². The molecular formula is C16H16F3NO4S. The second kappa shape index (κ2) is 7.32. The highest BCUT2D eigenvalue weighted by Gasteiger charge is 2.30. The van der Waals surface area contributed by atoms with Crippen molar-refractivity contribution >= 4 is 10.0 Å². The summed E-state index contributed by atoms with van der Waals surface area (Å²) in [5.41, 5.74) is -0.391. The minimum absolute atomic E-state index is 0.107. The molecule has 2 aromatic rings. The van der Waals surface area contributed by atoms with Gasteiger partial charge in [-0.15, -0.1) is 0 Å². The first kappa shape index (κ1) is 19.1. The van der Waals surface area contributed by atoms with Gasteiger partial charge in [0, 0.05) is 12.1 Å². The Morgan fingerprint density at radius 1 is 1.00 bits per heavy atom. The lowest BCUT2D eigenvalue weighted by atomic mass is 10.2. The molecule has 0 aliphatic heterocycles. The van der Waals surface area contributed by atoms with E-state index in [2.05, 4.69) is 4.72 Å². The van der Waals surface area contributed by atoms with Crippen LogP contribution in [0, 0.1) is 0 Å². The monoisotopic (exact) mass is 375 g/mol. The second-order valence-corrected chi connectivity index (χ2v) is 6.79. The number of rotatable bonds is 6. The van der Waals surface area contributed by atoms with Crippen molar-refractivity contribution < 1.29 is 31.1 Å². The average Bonchev–Trinajstić information content (AvgIpc) is 2.59. The smallest absolute Gasteiger partial charge is 0.416 e. The Balaban J connectivity index is 2.19. The number of sulfonamides is 1. The van der Waals surface area contributed by atoms with Gasteiger partial charge in [-0.2, -0.15) is 13.2 Å². The summed E-state index contributed by atoms with van der Waals surface area (Å²) in [5.74, 6) is 0.973. The molecule has 0 aromatic heterocycles. The van der Waals surface area contributed by atoms with Crippen molar-refractivity contribution in [2.45, 2.75) is 17.6 Å². The molecule has 0 bridgehead atoms. The maximum Gasteiger partial charge on any atom is 0.416 e. The van der Waals surface area contributed by atoms with Crippen molar-refractivity contribution in [3.05, 3.63) is 53.6 Å². The summed E-state index contributed by atoms with van der Waals surface area (Å²) in [7, 11) is -1.07. The molecule has 1 N–H and O–H groups in total. The Morgan fingerprint density at radius 2 is 1.64 bits per heavy atom. The first-order valence-electron chi connectivity index (χ1n) is 7.05. The minimum atomic E-state index is -4.52. The van der Waals surface area contributed by atoms with Gasteiger partial charge in [-0.3, -0.25) is 0 Å². The van der Waals surface area contributed by atoms with Gasteiger partial charge >= 0.3 is 6.18 Å². The first-order chi connectivity index (χ1) is 11.7. The Hall–Kier alpha value is -2.26. The van der Waals surface area contributed by atoms with E-state index in [0.29, 0.717) is 17.1 Å². The summed E-state index contributed by atoms with van der Waals surface area (Å²) in [4.78, 5) is -0.262. The van der Waals surface area contributed by atoms with Crippen molar-refractivity contribution in [1.29, 1.82) is 0 Å². The average molecular weight is 375 g/mol. The molecule has 0 atom stereocenters. The fourth-order valence-corrected chi connectivity index (χ4v) is 3.11. The number of methoxy groups -OCH3 is 2. The second-order valence-electron chi connectivity index (χ2n) is 5.02. The van der Waals surface area contributed by atoms with Gasteiger partial charge in [0.15, 0.2) is 0 Å².